The Kier molecular flexibility index (Phi) is 8.10. The summed E-state index contributed by atoms with van der Waals surface area (Å²) in [5.41, 5.74) is 6.21. The van der Waals surface area contributed by atoms with Crippen LogP contribution in [0.15, 0.2) is 24.3 Å². The first-order valence-electron chi connectivity index (χ1n) is 6.04. The van der Waals surface area contributed by atoms with E-state index >= 15 is 0 Å². The average Bonchev–Trinajstić information content (AvgIpc) is 2.45. The molecule has 0 bridgehead atoms. The first kappa shape index (κ1) is 15.9. The number of ether oxygens (including phenoxy) is 1. The van der Waals surface area contributed by atoms with Crippen molar-refractivity contribution in [2.24, 2.45) is 5.73 Å². The second-order valence-electron chi connectivity index (χ2n) is 3.79. The zero-order chi connectivity index (χ0) is 13.9. The zero-order valence-electron chi connectivity index (χ0n) is 10.7. The van der Waals surface area contributed by atoms with Gasteiger partial charge in [0, 0.05) is 17.1 Å². The SMILES string of the molecule is NCC#Cc1ccc(OCCSCC(O)CO)cc1. The number of nitrogens with two attached hydrogens (primary N) is 1. The molecule has 1 unspecified atom stereocenters. The summed E-state index contributed by atoms with van der Waals surface area (Å²) in [4.78, 5) is 0. The minimum Gasteiger partial charge on any atom is -0.493 e. The Labute approximate surface area is 118 Å². The van der Waals surface area contributed by atoms with E-state index in [1.54, 1.807) is 11.8 Å². The standard InChI is InChI=1S/C14H19NO3S/c15-7-1-2-12-3-5-14(6-4-12)18-8-9-19-11-13(17)10-16/h3-6,13,16-17H,7-11,15H2. The van der Waals surface area contributed by atoms with E-state index < -0.39 is 6.10 Å². The van der Waals surface area contributed by atoms with E-state index in [0.717, 1.165) is 17.1 Å². The topological polar surface area (TPSA) is 75.7 Å². The molecule has 0 radical (unpaired) electrons. The molecule has 4 nitrogen and oxygen atoms in total. The van der Waals surface area contributed by atoms with Crippen LogP contribution in [0.2, 0.25) is 0 Å². The van der Waals surface area contributed by atoms with Crippen molar-refractivity contribution in [1.29, 1.82) is 0 Å². The van der Waals surface area contributed by atoms with Gasteiger partial charge in [-0.3, -0.25) is 0 Å². The molecule has 104 valence electrons. The minimum absolute atomic E-state index is 0.195. The quantitative estimate of drug-likeness (QED) is 0.500. The lowest BCUT2D eigenvalue weighted by molar-refractivity contribution is 0.113. The number of hydrogen-bond acceptors (Lipinski definition) is 5. The van der Waals surface area contributed by atoms with Crippen molar-refractivity contribution in [3.63, 3.8) is 0 Å². The van der Waals surface area contributed by atoms with Crippen LogP contribution in [0.25, 0.3) is 0 Å². The fraction of sp³-hybridized carbons (Fsp3) is 0.429. The molecule has 0 heterocycles. The summed E-state index contributed by atoms with van der Waals surface area (Å²) in [6.45, 7) is 0.727. The normalized spacial score (nSPS) is 11.5. The molecule has 0 aromatic heterocycles. The maximum absolute atomic E-state index is 9.14. The van der Waals surface area contributed by atoms with Crippen LogP contribution in [0.1, 0.15) is 5.56 Å². The van der Waals surface area contributed by atoms with Crippen molar-refractivity contribution in [3.8, 4) is 17.6 Å². The molecule has 0 aliphatic rings. The van der Waals surface area contributed by atoms with Crippen LogP contribution in [-0.2, 0) is 0 Å². The van der Waals surface area contributed by atoms with E-state index in [0.29, 0.717) is 18.9 Å². The molecule has 0 aliphatic heterocycles. The Balaban J connectivity index is 2.23. The molecule has 4 N–H and O–H groups in total. The van der Waals surface area contributed by atoms with Gasteiger partial charge in [-0.2, -0.15) is 11.8 Å². The largest absolute Gasteiger partial charge is 0.493 e. The van der Waals surface area contributed by atoms with Crippen LogP contribution >= 0.6 is 11.8 Å². The van der Waals surface area contributed by atoms with Crippen LogP contribution in [0.4, 0.5) is 0 Å². The summed E-state index contributed by atoms with van der Waals surface area (Å²) in [7, 11) is 0. The zero-order valence-corrected chi connectivity index (χ0v) is 11.5. The number of benzene rings is 1. The summed E-state index contributed by atoms with van der Waals surface area (Å²) < 4.78 is 5.54. The highest BCUT2D eigenvalue weighted by atomic mass is 32.2. The highest BCUT2D eigenvalue weighted by Crippen LogP contribution is 2.12. The lowest BCUT2D eigenvalue weighted by Crippen LogP contribution is -2.15. The Hall–Kier alpha value is -1.19. The fourth-order valence-corrected chi connectivity index (χ4v) is 2.02. The summed E-state index contributed by atoms with van der Waals surface area (Å²) >= 11 is 1.55. The van der Waals surface area contributed by atoms with E-state index in [2.05, 4.69) is 11.8 Å². The second kappa shape index (κ2) is 9.70. The van der Waals surface area contributed by atoms with Crippen molar-refractivity contribution < 1.29 is 14.9 Å². The number of aliphatic hydroxyl groups excluding tert-OH is 2. The predicted molar refractivity (Wildman–Crippen MR) is 78.3 cm³/mol. The van der Waals surface area contributed by atoms with E-state index in [4.69, 9.17) is 20.7 Å². The molecule has 0 aliphatic carbocycles. The minimum atomic E-state index is -0.648. The monoisotopic (exact) mass is 281 g/mol. The summed E-state index contributed by atoms with van der Waals surface area (Å²) in [6, 6.07) is 7.52. The maximum Gasteiger partial charge on any atom is 0.119 e. The third-order valence-corrected chi connectivity index (χ3v) is 3.28. The molecule has 5 heteroatoms. The maximum atomic E-state index is 9.14. The van der Waals surface area contributed by atoms with Crippen LogP contribution in [0.3, 0.4) is 0 Å². The van der Waals surface area contributed by atoms with E-state index in [-0.39, 0.29) is 6.61 Å². The molecule has 1 aromatic rings. The smallest absolute Gasteiger partial charge is 0.119 e. The van der Waals surface area contributed by atoms with Gasteiger partial charge in [0.1, 0.15) is 5.75 Å². The molecular weight excluding hydrogens is 262 g/mol. The van der Waals surface area contributed by atoms with Crippen molar-refractivity contribution in [2.75, 3.05) is 31.3 Å². The number of aliphatic hydroxyl groups is 2. The molecular formula is C14H19NO3S. The molecule has 0 saturated carbocycles. The van der Waals surface area contributed by atoms with Crippen LogP contribution in [0, 0.1) is 11.8 Å². The molecule has 19 heavy (non-hydrogen) atoms. The molecule has 0 amide bonds. The van der Waals surface area contributed by atoms with Gasteiger partial charge in [-0.15, -0.1) is 0 Å². The van der Waals surface area contributed by atoms with Gasteiger partial charge in [0.05, 0.1) is 25.9 Å². The van der Waals surface area contributed by atoms with Gasteiger partial charge < -0.3 is 20.7 Å². The molecule has 1 aromatic carbocycles. The fourth-order valence-electron chi connectivity index (χ4n) is 1.28. The molecule has 0 saturated heterocycles. The lowest BCUT2D eigenvalue weighted by Gasteiger charge is -2.08. The van der Waals surface area contributed by atoms with E-state index in [9.17, 15) is 0 Å². The number of thioether (sulfide) groups is 1. The summed E-state index contributed by atoms with van der Waals surface area (Å²) in [5, 5.41) is 17.8. The molecule has 1 atom stereocenters. The Bertz CT molecular complexity index is 411. The van der Waals surface area contributed by atoms with E-state index in [1.165, 1.54) is 0 Å². The van der Waals surface area contributed by atoms with Gasteiger partial charge >= 0.3 is 0 Å². The van der Waals surface area contributed by atoms with Crippen molar-refractivity contribution in [3.05, 3.63) is 29.8 Å². The highest BCUT2D eigenvalue weighted by molar-refractivity contribution is 7.99. The van der Waals surface area contributed by atoms with Crippen molar-refractivity contribution in [2.45, 2.75) is 6.10 Å². The van der Waals surface area contributed by atoms with Crippen molar-refractivity contribution >= 4 is 11.8 Å². The summed E-state index contributed by atoms with van der Waals surface area (Å²) in [6.07, 6.45) is -0.648. The summed E-state index contributed by atoms with van der Waals surface area (Å²) in [5.74, 6) is 7.81. The lowest BCUT2D eigenvalue weighted by atomic mass is 10.2. The number of hydrogen-bond donors (Lipinski definition) is 3. The predicted octanol–water partition coefficient (Wildman–Crippen LogP) is 0.462. The third kappa shape index (κ3) is 7.09. The van der Waals surface area contributed by atoms with Gasteiger partial charge in [-0.05, 0) is 24.3 Å². The van der Waals surface area contributed by atoms with Gasteiger partial charge in [-0.1, -0.05) is 11.8 Å². The second-order valence-corrected chi connectivity index (χ2v) is 4.94. The van der Waals surface area contributed by atoms with Crippen LogP contribution in [-0.4, -0.2) is 47.6 Å². The third-order valence-electron chi connectivity index (χ3n) is 2.21. The Morgan fingerprint density at radius 1 is 1.32 bits per heavy atom. The highest BCUT2D eigenvalue weighted by Gasteiger charge is 2.01. The number of rotatable bonds is 7. The molecule has 0 fully saturated rings. The first-order valence-corrected chi connectivity index (χ1v) is 7.20. The van der Waals surface area contributed by atoms with Gasteiger partial charge in [-0.25, -0.2) is 0 Å². The Morgan fingerprint density at radius 2 is 2.05 bits per heavy atom. The van der Waals surface area contributed by atoms with Crippen molar-refractivity contribution in [1.82, 2.24) is 0 Å². The average molecular weight is 281 g/mol. The van der Waals surface area contributed by atoms with Gasteiger partial charge in [0.2, 0.25) is 0 Å². The molecule has 0 spiro atoms. The Morgan fingerprint density at radius 3 is 2.68 bits per heavy atom. The van der Waals surface area contributed by atoms with E-state index in [1.807, 2.05) is 24.3 Å². The van der Waals surface area contributed by atoms with Crippen LogP contribution in [0.5, 0.6) is 5.75 Å². The molecule has 1 rings (SSSR count). The first-order chi connectivity index (χ1) is 9.26. The van der Waals surface area contributed by atoms with Gasteiger partial charge in [0.15, 0.2) is 0 Å². The van der Waals surface area contributed by atoms with Gasteiger partial charge in [0.25, 0.3) is 0 Å². The van der Waals surface area contributed by atoms with Crippen LogP contribution < -0.4 is 10.5 Å².